The van der Waals surface area contributed by atoms with E-state index in [1.807, 2.05) is 6.92 Å². The molecule has 0 saturated carbocycles. The summed E-state index contributed by atoms with van der Waals surface area (Å²) in [5.41, 5.74) is 0. The molecule has 0 aliphatic heterocycles. The van der Waals surface area contributed by atoms with Gasteiger partial charge in [-0.3, -0.25) is 4.55 Å². The number of imidazole rings is 1. The number of aromatic nitrogens is 2. The molecular weight excluding hydrogens is 300 g/mol. The van der Waals surface area contributed by atoms with Crippen molar-refractivity contribution in [3.05, 3.63) is 18.7 Å². The first-order chi connectivity index (χ1) is 8.56. The molecule has 0 saturated heterocycles. The molecule has 112 valence electrons. The fraction of sp³-hybridized carbons (Fsp3) is 0.625. The third-order valence-electron chi connectivity index (χ3n) is 1.73. The highest BCUT2D eigenvalue weighted by atomic mass is 32.3. The Morgan fingerprint density at radius 1 is 1.37 bits per heavy atom. The van der Waals surface area contributed by atoms with Crippen molar-refractivity contribution in [1.29, 1.82) is 0 Å². The van der Waals surface area contributed by atoms with Crippen molar-refractivity contribution in [1.82, 2.24) is 3.97 Å². The second-order valence-corrected chi connectivity index (χ2v) is 5.84. The van der Waals surface area contributed by atoms with E-state index in [1.165, 1.54) is 12.5 Å². The zero-order chi connectivity index (χ0) is 15.1. The van der Waals surface area contributed by atoms with E-state index in [-0.39, 0.29) is 6.61 Å². The van der Waals surface area contributed by atoms with Crippen LogP contribution in [0.15, 0.2) is 18.7 Å². The predicted molar refractivity (Wildman–Crippen MR) is 63.1 cm³/mol. The molecule has 1 aromatic heterocycles. The van der Waals surface area contributed by atoms with E-state index >= 15 is 0 Å². The Bertz CT molecular complexity index is 568. The first kappa shape index (κ1) is 18.0. The molecule has 1 aromatic rings. The Morgan fingerprint density at radius 3 is 2.26 bits per heavy atom. The van der Waals surface area contributed by atoms with Gasteiger partial charge in [0.15, 0.2) is 0 Å². The van der Waals surface area contributed by atoms with Gasteiger partial charge in [0.2, 0.25) is 10.4 Å². The highest BCUT2D eigenvalue weighted by Crippen LogP contribution is 1.99. The standard InChI is InChI=1S/C8H15N2O3S.H2O4S/c1-3-4-7-13-14(11,12)10-6-5-9(2)8-10;1-5(2,3)4/h5-6,8H,3-4,7H2,1-2H3;(H2,1,2,3,4)/q+1;/p-1. The van der Waals surface area contributed by atoms with Crippen LogP contribution in [0.25, 0.3) is 0 Å². The summed E-state index contributed by atoms with van der Waals surface area (Å²) in [6.07, 6.45) is 6.19. The van der Waals surface area contributed by atoms with Gasteiger partial charge in [0, 0.05) is 0 Å². The molecule has 0 spiro atoms. The second-order valence-electron chi connectivity index (χ2n) is 3.47. The highest BCUT2D eigenvalue weighted by Gasteiger charge is 2.19. The first-order valence-corrected chi connectivity index (χ1v) is 7.90. The number of aryl methyl sites for hydroxylation is 1. The molecule has 0 atom stereocenters. The van der Waals surface area contributed by atoms with Crippen molar-refractivity contribution >= 4 is 20.7 Å². The van der Waals surface area contributed by atoms with Crippen LogP contribution in [0.3, 0.4) is 0 Å². The minimum Gasteiger partial charge on any atom is -0.726 e. The summed E-state index contributed by atoms with van der Waals surface area (Å²) < 4.78 is 63.2. The molecule has 0 amide bonds. The summed E-state index contributed by atoms with van der Waals surface area (Å²) >= 11 is 0. The van der Waals surface area contributed by atoms with E-state index in [0.717, 1.165) is 16.8 Å². The zero-order valence-electron chi connectivity index (χ0n) is 10.5. The quantitative estimate of drug-likeness (QED) is 0.326. The van der Waals surface area contributed by atoms with Crippen molar-refractivity contribution in [2.45, 2.75) is 19.8 Å². The fourth-order valence-corrected chi connectivity index (χ4v) is 1.85. The van der Waals surface area contributed by atoms with E-state index < -0.39 is 20.7 Å². The number of rotatable bonds is 5. The van der Waals surface area contributed by atoms with E-state index in [4.69, 9.17) is 21.7 Å². The van der Waals surface area contributed by atoms with Crippen LogP contribution in [0.5, 0.6) is 0 Å². The molecule has 0 unspecified atom stereocenters. The number of nitrogens with zero attached hydrogens (tertiary/aromatic N) is 2. The van der Waals surface area contributed by atoms with Crippen LogP contribution in [0.1, 0.15) is 19.8 Å². The second kappa shape index (κ2) is 7.55. The molecule has 0 aliphatic carbocycles. The third-order valence-corrected chi connectivity index (χ3v) is 2.93. The van der Waals surface area contributed by atoms with Crippen LogP contribution in [-0.2, 0) is 31.9 Å². The lowest BCUT2D eigenvalue weighted by molar-refractivity contribution is -0.670. The van der Waals surface area contributed by atoms with Gasteiger partial charge in [-0.2, -0.15) is 8.42 Å². The van der Waals surface area contributed by atoms with Crippen molar-refractivity contribution in [3.8, 4) is 0 Å². The van der Waals surface area contributed by atoms with Gasteiger partial charge in [0.1, 0.15) is 12.4 Å². The summed E-state index contributed by atoms with van der Waals surface area (Å²) in [6, 6.07) is 0. The molecule has 0 fully saturated rings. The smallest absolute Gasteiger partial charge is 0.441 e. The molecule has 0 aliphatic rings. The van der Waals surface area contributed by atoms with Gasteiger partial charge in [0.05, 0.1) is 13.7 Å². The topological polar surface area (TPSA) is 130 Å². The first-order valence-electron chi connectivity index (χ1n) is 5.17. The Hall–Kier alpha value is -1.01. The molecule has 1 heterocycles. The largest absolute Gasteiger partial charge is 0.726 e. The SMILES string of the molecule is CCCCOS(=O)(=O)n1cc[n+](C)c1.O=S(=O)([O-])O. The summed E-state index contributed by atoms with van der Waals surface area (Å²) in [7, 11) is -6.78. The minimum absolute atomic E-state index is 0.237. The van der Waals surface area contributed by atoms with Crippen LogP contribution in [-0.4, -0.2) is 36.5 Å². The molecule has 0 aromatic carbocycles. The molecule has 0 bridgehead atoms. The van der Waals surface area contributed by atoms with Gasteiger partial charge in [-0.1, -0.05) is 13.3 Å². The van der Waals surface area contributed by atoms with Crippen molar-refractivity contribution in [2.75, 3.05) is 6.61 Å². The average molecular weight is 316 g/mol. The molecule has 9 nitrogen and oxygen atoms in total. The van der Waals surface area contributed by atoms with Crippen LogP contribution in [0.4, 0.5) is 0 Å². The fourth-order valence-electron chi connectivity index (χ4n) is 0.929. The normalized spacial score (nSPS) is 11.8. The van der Waals surface area contributed by atoms with Crippen LogP contribution < -0.4 is 4.57 Å². The predicted octanol–water partition coefficient (Wildman–Crippen LogP) is -0.773. The Balaban J connectivity index is 0.000000555. The summed E-state index contributed by atoms with van der Waals surface area (Å²) in [4.78, 5) is 0. The van der Waals surface area contributed by atoms with Crippen molar-refractivity contribution < 1.29 is 34.7 Å². The van der Waals surface area contributed by atoms with Gasteiger partial charge in [-0.25, -0.2) is 17.2 Å². The van der Waals surface area contributed by atoms with Crippen LogP contribution in [0, 0.1) is 0 Å². The summed E-state index contributed by atoms with van der Waals surface area (Å²) in [6.45, 7) is 2.21. The van der Waals surface area contributed by atoms with Gasteiger partial charge < -0.3 is 4.55 Å². The zero-order valence-corrected chi connectivity index (χ0v) is 12.1. The Labute approximate surface area is 112 Å². The maximum atomic E-state index is 11.4. The Kier molecular flexibility index (Phi) is 7.15. The molecular formula is C8H16N2O7S2. The lowest BCUT2D eigenvalue weighted by atomic mass is 10.4. The van der Waals surface area contributed by atoms with E-state index in [2.05, 4.69) is 0 Å². The highest BCUT2D eigenvalue weighted by molar-refractivity contribution is 7.85. The maximum absolute atomic E-state index is 11.4. The van der Waals surface area contributed by atoms with Gasteiger partial charge in [-0.05, 0) is 6.42 Å². The van der Waals surface area contributed by atoms with E-state index in [9.17, 15) is 8.42 Å². The maximum Gasteiger partial charge on any atom is 0.441 e. The number of hydrogen-bond donors (Lipinski definition) is 1. The molecule has 19 heavy (non-hydrogen) atoms. The van der Waals surface area contributed by atoms with Gasteiger partial charge in [0.25, 0.3) is 6.33 Å². The average Bonchev–Trinajstić information content (AvgIpc) is 2.63. The lowest BCUT2D eigenvalue weighted by Crippen LogP contribution is -2.25. The minimum atomic E-state index is -4.92. The van der Waals surface area contributed by atoms with Gasteiger partial charge >= 0.3 is 10.3 Å². The molecule has 11 heteroatoms. The summed E-state index contributed by atoms with van der Waals surface area (Å²) in [5.74, 6) is 0. The van der Waals surface area contributed by atoms with E-state index in [1.54, 1.807) is 17.8 Å². The Morgan fingerprint density at radius 2 is 1.89 bits per heavy atom. The monoisotopic (exact) mass is 316 g/mol. The van der Waals surface area contributed by atoms with Crippen LogP contribution in [0.2, 0.25) is 0 Å². The van der Waals surface area contributed by atoms with Crippen molar-refractivity contribution in [3.63, 3.8) is 0 Å². The third kappa shape index (κ3) is 9.55. The lowest BCUT2D eigenvalue weighted by Gasteiger charge is -1.99. The molecule has 1 N–H and O–H groups in total. The molecule has 1 rings (SSSR count). The number of unbranched alkanes of at least 4 members (excludes halogenated alkanes) is 1. The van der Waals surface area contributed by atoms with Gasteiger partial charge in [-0.15, -0.1) is 3.97 Å². The summed E-state index contributed by atoms with van der Waals surface area (Å²) in [5, 5.41) is 0. The van der Waals surface area contributed by atoms with E-state index in [0.29, 0.717) is 0 Å². The van der Waals surface area contributed by atoms with Crippen molar-refractivity contribution in [2.24, 2.45) is 7.05 Å². The van der Waals surface area contributed by atoms with Crippen LogP contribution >= 0.6 is 0 Å². The molecule has 0 radical (unpaired) electrons. The number of hydrogen-bond acceptors (Lipinski definition) is 6.